The second-order valence-electron chi connectivity index (χ2n) is 4.80. The number of aromatic nitrogens is 2. The molecule has 2 rings (SSSR count). The molecule has 0 radical (unpaired) electrons. The average molecular weight is 289 g/mol. The highest BCUT2D eigenvalue weighted by Crippen LogP contribution is 2.30. The molecule has 0 aliphatic carbocycles. The fourth-order valence-electron chi connectivity index (χ4n) is 2.11. The Hall–Kier alpha value is -2.17. The van der Waals surface area contributed by atoms with Gasteiger partial charge in [0, 0.05) is 6.54 Å². The number of halogens is 1. The van der Waals surface area contributed by atoms with Gasteiger partial charge in [0.05, 0.1) is 5.56 Å². The van der Waals surface area contributed by atoms with Gasteiger partial charge in [-0.3, -0.25) is 0 Å². The Balaban J connectivity index is 2.36. The van der Waals surface area contributed by atoms with Gasteiger partial charge in [-0.15, -0.1) is 0 Å². The molecular formula is C16H20FN3O. The van der Waals surface area contributed by atoms with E-state index in [-0.39, 0.29) is 5.82 Å². The summed E-state index contributed by atoms with van der Waals surface area (Å²) < 4.78 is 19.0. The van der Waals surface area contributed by atoms with Crippen LogP contribution in [0.25, 0.3) is 0 Å². The van der Waals surface area contributed by atoms with Gasteiger partial charge >= 0.3 is 0 Å². The van der Waals surface area contributed by atoms with E-state index in [1.165, 1.54) is 18.5 Å². The number of hydrogen-bond donors (Lipinski definition) is 1. The highest BCUT2D eigenvalue weighted by molar-refractivity contribution is 5.50. The van der Waals surface area contributed by atoms with Crippen LogP contribution >= 0.6 is 0 Å². The molecule has 0 amide bonds. The molecule has 0 aliphatic rings. The Kier molecular flexibility index (Phi) is 5.09. The van der Waals surface area contributed by atoms with Gasteiger partial charge < -0.3 is 10.1 Å². The zero-order chi connectivity index (χ0) is 15.2. The van der Waals surface area contributed by atoms with Crippen LogP contribution in [0.1, 0.15) is 31.4 Å². The van der Waals surface area contributed by atoms with Crippen molar-refractivity contribution < 1.29 is 9.13 Å². The van der Waals surface area contributed by atoms with Crippen molar-refractivity contribution in [2.75, 3.05) is 11.9 Å². The molecule has 21 heavy (non-hydrogen) atoms. The molecule has 0 atom stereocenters. The predicted octanol–water partition coefficient (Wildman–Crippen LogP) is 4.10. The van der Waals surface area contributed by atoms with Gasteiger partial charge in [0.25, 0.3) is 0 Å². The normalized spacial score (nSPS) is 10.5. The summed E-state index contributed by atoms with van der Waals surface area (Å²) in [5.41, 5.74) is 1.69. The fraction of sp³-hybridized carbons (Fsp3) is 0.375. The fourth-order valence-corrected chi connectivity index (χ4v) is 2.11. The number of rotatable bonds is 6. The van der Waals surface area contributed by atoms with E-state index >= 15 is 0 Å². The highest BCUT2D eigenvalue weighted by Gasteiger charge is 2.13. The van der Waals surface area contributed by atoms with Crippen molar-refractivity contribution in [2.24, 2.45) is 0 Å². The maximum Gasteiger partial charge on any atom is 0.227 e. The first-order valence-corrected chi connectivity index (χ1v) is 7.17. The van der Waals surface area contributed by atoms with E-state index < -0.39 is 0 Å². The average Bonchev–Trinajstić information content (AvgIpc) is 2.45. The zero-order valence-electron chi connectivity index (χ0n) is 12.6. The minimum Gasteiger partial charge on any atom is -0.438 e. The van der Waals surface area contributed by atoms with Crippen LogP contribution in [0.3, 0.4) is 0 Å². The first-order valence-electron chi connectivity index (χ1n) is 7.17. The molecule has 0 fully saturated rings. The molecule has 0 saturated heterocycles. The quantitative estimate of drug-likeness (QED) is 0.869. The summed E-state index contributed by atoms with van der Waals surface area (Å²) in [6, 6.07) is 4.45. The Labute approximate surface area is 124 Å². The van der Waals surface area contributed by atoms with Gasteiger partial charge in [-0.25, -0.2) is 14.4 Å². The summed E-state index contributed by atoms with van der Waals surface area (Å²) >= 11 is 0. The largest absolute Gasteiger partial charge is 0.438 e. The third kappa shape index (κ3) is 3.68. The molecule has 1 heterocycles. The van der Waals surface area contributed by atoms with E-state index in [2.05, 4.69) is 22.2 Å². The first-order chi connectivity index (χ1) is 10.2. The van der Waals surface area contributed by atoms with Crippen LogP contribution < -0.4 is 10.1 Å². The molecule has 0 bridgehead atoms. The first kappa shape index (κ1) is 15.2. The van der Waals surface area contributed by atoms with Crippen molar-refractivity contribution in [2.45, 2.75) is 33.6 Å². The Morgan fingerprint density at radius 2 is 2.05 bits per heavy atom. The Morgan fingerprint density at radius 3 is 2.71 bits per heavy atom. The van der Waals surface area contributed by atoms with Gasteiger partial charge in [0.2, 0.25) is 5.88 Å². The topological polar surface area (TPSA) is 47.0 Å². The van der Waals surface area contributed by atoms with E-state index in [0.717, 1.165) is 36.3 Å². The molecule has 112 valence electrons. The zero-order valence-corrected chi connectivity index (χ0v) is 12.6. The highest BCUT2D eigenvalue weighted by atomic mass is 19.1. The minimum atomic E-state index is -0.273. The molecule has 4 nitrogen and oxygen atoms in total. The number of benzene rings is 1. The van der Waals surface area contributed by atoms with Crippen molar-refractivity contribution in [1.82, 2.24) is 9.97 Å². The third-order valence-corrected chi connectivity index (χ3v) is 3.09. The lowest BCUT2D eigenvalue weighted by atomic mass is 10.1. The van der Waals surface area contributed by atoms with E-state index in [9.17, 15) is 4.39 Å². The van der Waals surface area contributed by atoms with Crippen LogP contribution in [0.2, 0.25) is 0 Å². The number of anilines is 1. The summed E-state index contributed by atoms with van der Waals surface area (Å²) in [5.74, 6) is 1.65. The molecule has 0 saturated carbocycles. The standard InChI is InChI=1S/C16H20FN3O/c1-4-6-13-15(18-5-2)19-10-20-16(13)21-14-8-7-12(17)9-11(14)3/h7-10H,4-6H2,1-3H3,(H,18,19,20). The minimum absolute atomic E-state index is 0.273. The van der Waals surface area contributed by atoms with Crippen LogP contribution in [-0.4, -0.2) is 16.5 Å². The Bertz CT molecular complexity index is 616. The lowest BCUT2D eigenvalue weighted by Gasteiger charge is -2.14. The Morgan fingerprint density at radius 1 is 1.24 bits per heavy atom. The summed E-state index contributed by atoms with van der Waals surface area (Å²) in [7, 11) is 0. The summed E-state index contributed by atoms with van der Waals surface area (Å²) in [5, 5.41) is 3.22. The maximum atomic E-state index is 13.2. The summed E-state index contributed by atoms with van der Waals surface area (Å²) in [6.45, 7) is 6.70. The number of nitrogens with one attached hydrogen (secondary N) is 1. The molecule has 1 N–H and O–H groups in total. The van der Waals surface area contributed by atoms with E-state index in [1.54, 1.807) is 6.07 Å². The van der Waals surface area contributed by atoms with Crippen molar-refractivity contribution in [3.8, 4) is 11.6 Å². The van der Waals surface area contributed by atoms with Crippen molar-refractivity contribution in [3.63, 3.8) is 0 Å². The van der Waals surface area contributed by atoms with E-state index in [4.69, 9.17) is 4.74 Å². The predicted molar refractivity (Wildman–Crippen MR) is 81.4 cm³/mol. The van der Waals surface area contributed by atoms with E-state index in [0.29, 0.717) is 11.6 Å². The number of hydrogen-bond acceptors (Lipinski definition) is 4. The second-order valence-corrected chi connectivity index (χ2v) is 4.80. The lowest BCUT2D eigenvalue weighted by Crippen LogP contribution is -2.06. The lowest BCUT2D eigenvalue weighted by molar-refractivity contribution is 0.449. The SMILES string of the molecule is CCCc1c(NCC)ncnc1Oc1ccc(F)cc1C. The van der Waals surface area contributed by atoms with Crippen molar-refractivity contribution in [1.29, 1.82) is 0 Å². The van der Waals surface area contributed by atoms with Gasteiger partial charge in [0.1, 0.15) is 23.7 Å². The van der Waals surface area contributed by atoms with Crippen LogP contribution in [0, 0.1) is 12.7 Å². The molecular weight excluding hydrogens is 269 g/mol. The molecule has 0 aliphatic heterocycles. The number of ether oxygens (including phenoxy) is 1. The molecule has 1 aromatic heterocycles. The van der Waals surface area contributed by atoms with E-state index in [1.807, 2.05) is 13.8 Å². The van der Waals surface area contributed by atoms with Gasteiger partial charge in [0.15, 0.2) is 0 Å². The molecule has 2 aromatic rings. The summed E-state index contributed by atoms with van der Waals surface area (Å²) in [6.07, 6.45) is 3.26. The third-order valence-electron chi connectivity index (χ3n) is 3.09. The second kappa shape index (κ2) is 7.02. The van der Waals surface area contributed by atoms with Gasteiger partial charge in [-0.2, -0.15) is 0 Å². The van der Waals surface area contributed by atoms with Crippen molar-refractivity contribution in [3.05, 3.63) is 41.5 Å². The molecule has 1 aromatic carbocycles. The van der Waals surface area contributed by atoms with Gasteiger partial charge in [-0.1, -0.05) is 13.3 Å². The van der Waals surface area contributed by atoms with Crippen LogP contribution in [0.4, 0.5) is 10.2 Å². The monoisotopic (exact) mass is 289 g/mol. The van der Waals surface area contributed by atoms with Crippen LogP contribution in [-0.2, 0) is 6.42 Å². The van der Waals surface area contributed by atoms with Crippen LogP contribution in [0.15, 0.2) is 24.5 Å². The molecule has 0 spiro atoms. The molecule has 5 heteroatoms. The van der Waals surface area contributed by atoms with Gasteiger partial charge in [-0.05, 0) is 44.0 Å². The van der Waals surface area contributed by atoms with Crippen molar-refractivity contribution >= 4 is 5.82 Å². The molecule has 0 unspecified atom stereocenters. The number of nitrogens with zero attached hydrogens (tertiary/aromatic N) is 2. The summed E-state index contributed by atoms with van der Waals surface area (Å²) in [4.78, 5) is 8.50. The maximum absolute atomic E-state index is 13.2. The number of aryl methyl sites for hydroxylation is 1. The van der Waals surface area contributed by atoms with Crippen LogP contribution in [0.5, 0.6) is 11.6 Å². The smallest absolute Gasteiger partial charge is 0.227 e.